The molecule has 1 aromatic carbocycles. The quantitative estimate of drug-likeness (QED) is 0.820. The molecule has 6 nitrogen and oxygen atoms in total. The van der Waals surface area contributed by atoms with Crippen LogP contribution in [0.4, 0.5) is 0 Å². The fourth-order valence-corrected chi connectivity index (χ4v) is 2.68. The van der Waals surface area contributed by atoms with Crippen LogP contribution in [0.1, 0.15) is 18.8 Å². The number of hydrogen-bond acceptors (Lipinski definition) is 4. The van der Waals surface area contributed by atoms with Crippen LogP contribution >= 0.6 is 0 Å². The Kier molecular flexibility index (Phi) is 4.54. The molecule has 0 saturated carbocycles. The van der Waals surface area contributed by atoms with Crippen LogP contribution in [-0.4, -0.2) is 24.3 Å². The van der Waals surface area contributed by atoms with Gasteiger partial charge in [0, 0.05) is 23.9 Å². The second-order valence-electron chi connectivity index (χ2n) is 4.37. The summed E-state index contributed by atoms with van der Waals surface area (Å²) in [5.74, 6) is 0.0982. The summed E-state index contributed by atoms with van der Waals surface area (Å²) in [7, 11) is -3.61. The first-order valence-electron chi connectivity index (χ1n) is 6.27. The topological polar surface area (TPSA) is 91.9 Å². The number of sulfone groups is 1. The first-order chi connectivity index (χ1) is 9.99. The largest absolute Gasteiger partial charge is 0.347 e. The average molecular weight is 305 g/mol. The van der Waals surface area contributed by atoms with E-state index in [1.165, 1.54) is 12.1 Å². The molecule has 1 atom stereocenters. The molecule has 7 heteroatoms. The van der Waals surface area contributed by atoms with E-state index in [1.54, 1.807) is 37.5 Å². The van der Waals surface area contributed by atoms with Crippen molar-refractivity contribution >= 4 is 15.7 Å². The van der Waals surface area contributed by atoms with Crippen LogP contribution in [0.5, 0.6) is 0 Å². The summed E-state index contributed by atoms with van der Waals surface area (Å²) in [4.78, 5) is 18.8. The monoisotopic (exact) mass is 305 g/mol. The molecule has 0 aliphatic heterocycles. The number of aromatic nitrogens is 2. The fraction of sp³-hybridized carbons (Fsp3) is 0.143. The minimum Gasteiger partial charge on any atom is -0.347 e. The highest BCUT2D eigenvalue weighted by Crippen LogP contribution is 2.11. The number of rotatable bonds is 5. The number of imidazole rings is 1. The zero-order valence-corrected chi connectivity index (χ0v) is 12.2. The molecule has 0 radical (unpaired) electrons. The summed E-state index contributed by atoms with van der Waals surface area (Å²) < 4.78 is 23.9. The fourth-order valence-electron chi connectivity index (χ4n) is 1.68. The Morgan fingerprint density at radius 1 is 1.33 bits per heavy atom. The number of hydrogen-bond donors (Lipinski definition) is 2. The van der Waals surface area contributed by atoms with Gasteiger partial charge in [-0.05, 0) is 19.1 Å². The molecule has 1 heterocycles. The molecule has 0 aliphatic carbocycles. The summed E-state index contributed by atoms with van der Waals surface area (Å²) in [6.07, 6.45) is 4.23. The maximum absolute atomic E-state index is 12.0. The Balaban J connectivity index is 2.02. The average Bonchev–Trinajstić information content (AvgIpc) is 3.00. The van der Waals surface area contributed by atoms with E-state index in [2.05, 4.69) is 15.3 Å². The number of H-pyrrole nitrogens is 1. The molecule has 2 aromatic rings. The lowest BCUT2D eigenvalue weighted by molar-refractivity contribution is -0.117. The summed E-state index contributed by atoms with van der Waals surface area (Å²) in [6.45, 7) is 1.75. The summed E-state index contributed by atoms with van der Waals surface area (Å²) >= 11 is 0. The van der Waals surface area contributed by atoms with Gasteiger partial charge in [0.25, 0.3) is 0 Å². The lowest BCUT2D eigenvalue weighted by Crippen LogP contribution is -2.25. The van der Waals surface area contributed by atoms with Crippen LogP contribution < -0.4 is 5.32 Å². The Morgan fingerprint density at radius 3 is 2.67 bits per heavy atom. The van der Waals surface area contributed by atoms with Gasteiger partial charge in [-0.25, -0.2) is 13.4 Å². The standard InChI is InChI=1S/C14H15N3O3S/c1-11(14-15-8-9-16-14)17-13(18)7-10-21(19,20)12-5-3-2-4-6-12/h2-11H,1H3,(H,15,16)(H,17,18)/b10-7+. The number of nitrogens with zero attached hydrogens (tertiary/aromatic N) is 1. The van der Waals surface area contributed by atoms with Gasteiger partial charge in [-0.2, -0.15) is 0 Å². The van der Waals surface area contributed by atoms with Gasteiger partial charge in [-0.1, -0.05) is 18.2 Å². The van der Waals surface area contributed by atoms with Gasteiger partial charge in [-0.3, -0.25) is 4.79 Å². The normalized spacial score (nSPS) is 13.2. The van der Waals surface area contributed by atoms with Crippen LogP contribution in [0, 0.1) is 0 Å². The van der Waals surface area contributed by atoms with Crippen molar-refractivity contribution in [3.05, 3.63) is 60.0 Å². The molecule has 0 fully saturated rings. The van der Waals surface area contributed by atoms with E-state index in [1.807, 2.05) is 0 Å². The Morgan fingerprint density at radius 2 is 2.05 bits per heavy atom. The number of carbonyl (C=O) groups is 1. The molecule has 2 rings (SSSR count). The van der Waals surface area contributed by atoms with Gasteiger partial charge in [0.2, 0.25) is 5.91 Å². The van der Waals surface area contributed by atoms with E-state index in [4.69, 9.17) is 0 Å². The number of nitrogens with one attached hydrogen (secondary N) is 2. The molecule has 1 aromatic heterocycles. The molecule has 110 valence electrons. The summed E-state index contributed by atoms with van der Waals surface area (Å²) in [6, 6.07) is 7.59. The Labute approximate surface area is 122 Å². The highest BCUT2D eigenvalue weighted by molar-refractivity contribution is 7.94. The zero-order valence-electron chi connectivity index (χ0n) is 11.4. The lowest BCUT2D eigenvalue weighted by Gasteiger charge is -2.09. The van der Waals surface area contributed by atoms with Crippen molar-refractivity contribution in [3.8, 4) is 0 Å². The van der Waals surface area contributed by atoms with E-state index in [-0.39, 0.29) is 10.9 Å². The highest BCUT2D eigenvalue weighted by atomic mass is 32.2. The number of aromatic amines is 1. The molecule has 21 heavy (non-hydrogen) atoms. The number of carbonyl (C=O) groups excluding carboxylic acids is 1. The zero-order chi connectivity index (χ0) is 15.3. The van der Waals surface area contributed by atoms with Crippen LogP contribution in [0.15, 0.2) is 59.1 Å². The van der Waals surface area contributed by atoms with Crippen LogP contribution in [0.3, 0.4) is 0 Å². The molecule has 1 amide bonds. The predicted octanol–water partition coefficient (Wildman–Crippen LogP) is 1.57. The van der Waals surface area contributed by atoms with Crippen molar-refractivity contribution in [1.29, 1.82) is 0 Å². The van der Waals surface area contributed by atoms with Crippen LogP contribution in [0.2, 0.25) is 0 Å². The van der Waals surface area contributed by atoms with Gasteiger partial charge in [-0.15, -0.1) is 0 Å². The van der Waals surface area contributed by atoms with E-state index in [0.717, 1.165) is 11.5 Å². The van der Waals surface area contributed by atoms with Gasteiger partial charge in [0.1, 0.15) is 5.82 Å². The second kappa shape index (κ2) is 6.36. The Bertz CT molecular complexity index is 722. The van der Waals surface area contributed by atoms with E-state index >= 15 is 0 Å². The SMILES string of the molecule is CC(NC(=O)/C=C/S(=O)(=O)c1ccccc1)c1ncc[nH]1. The van der Waals surface area contributed by atoms with Gasteiger partial charge in [0.15, 0.2) is 9.84 Å². The summed E-state index contributed by atoms with van der Waals surface area (Å²) in [5, 5.41) is 3.52. The van der Waals surface area contributed by atoms with Crippen molar-refractivity contribution in [3.63, 3.8) is 0 Å². The highest BCUT2D eigenvalue weighted by Gasteiger charge is 2.12. The minimum atomic E-state index is -3.61. The van der Waals surface area contributed by atoms with Crippen molar-refractivity contribution in [1.82, 2.24) is 15.3 Å². The molecule has 0 saturated heterocycles. The van der Waals surface area contributed by atoms with Crippen molar-refractivity contribution in [2.45, 2.75) is 17.9 Å². The summed E-state index contributed by atoms with van der Waals surface area (Å²) in [5.41, 5.74) is 0. The lowest BCUT2D eigenvalue weighted by atomic mass is 10.3. The molecule has 0 spiro atoms. The third kappa shape index (κ3) is 4.03. The maximum atomic E-state index is 12.0. The van der Waals surface area contributed by atoms with E-state index in [9.17, 15) is 13.2 Å². The first-order valence-corrected chi connectivity index (χ1v) is 7.81. The maximum Gasteiger partial charge on any atom is 0.245 e. The van der Waals surface area contributed by atoms with E-state index in [0.29, 0.717) is 5.82 Å². The predicted molar refractivity (Wildman–Crippen MR) is 77.9 cm³/mol. The minimum absolute atomic E-state index is 0.146. The molecular formula is C14H15N3O3S. The molecule has 0 aliphatic rings. The molecule has 1 unspecified atom stereocenters. The molecular weight excluding hydrogens is 290 g/mol. The van der Waals surface area contributed by atoms with Crippen LogP contribution in [0.25, 0.3) is 0 Å². The van der Waals surface area contributed by atoms with E-state index < -0.39 is 15.7 Å². The first kappa shape index (κ1) is 15.0. The van der Waals surface area contributed by atoms with Gasteiger partial charge < -0.3 is 10.3 Å². The van der Waals surface area contributed by atoms with Crippen LogP contribution in [-0.2, 0) is 14.6 Å². The smallest absolute Gasteiger partial charge is 0.245 e. The number of benzene rings is 1. The Hall–Kier alpha value is -2.41. The van der Waals surface area contributed by atoms with Crippen molar-refractivity contribution in [2.24, 2.45) is 0 Å². The molecule has 2 N–H and O–H groups in total. The van der Waals surface area contributed by atoms with Gasteiger partial charge in [0.05, 0.1) is 10.9 Å². The number of amides is 1. The van der Waals surface area contributed by atoms with Crippen molar-refractivity contribution < 1.29 is 13.2 Å². The van der Waals surface area contributed by atoms with Gasteiger partial charge >= 0.3 is 0 Å². The molecule has 0 bridgehead atoms. The van der Waals surface area contributed by atoms with Crippen molar-refractivity contribution in [2.75, 3.05) is 0 Å². The second-order valence-corrected chi connectivity index (χ2v) is 6.20. The third-order valence-corrected chi connectivity index (χ3v) is 4.18. The third-order valence-electron chi connectivity index (χ3n) is 2.76.